The van der Waals surface area contributed by atoms with Crippen LogP contribution in [0.2, 0.25) is 0 Å². The van der Waals surface area contributed by atoms with Crippen molar-refractivity contribution in [1.82, 2.24) is 10.2 Å². The second-order valence-corrected chi connectivity index (χ2v) is 6.25. The van der Waals surface area contributed by atoms with Crippen LogP contribution in [0.15, 0.2) is 6.07 Å². The predicted octanol–water partition coefficient (Wildman–Crippen LogP) is 2.79. The molecular weight excluding hydrogens is 260 g/mol. The van der Waals surface area contributed by atoms with Crippen LogP contribution >= 0.6 is 0 Å². The first-order chi connectivity index (χ1) is 10.0. The molecule has 0 aromatic heterocycles. The van der Waals surface area contributed by atoms with Gasteiger partial charge in [-0.05, 0) is 69.5 Å². The van der Waals surface area contributed by atoms with Crippen LogP contribution in [0.1, 0.15) is 45.5 Å². The number of aryl methyl sites for hydroxylation is 2. The van der Waals surface area contributed by atoms with Gasteiger partial charge in [0.05, 0.1) is 0 Å². The first-order valence-electron chi connectivity index (χ1n) is 8.04. The molecule has 0 atom stereocenters. The molecule has 1 aliphatic rings. The fraction of sp³-hybridized carbons (Fsp3) is 0.611. The Hall–Kier alpha value is -1.19. The molecule has 2 rings (SSSR count). The number of nitrogens with one attached hydrogen (secondary N) is 1. The molecule has 1 fully saturated rings. The molecular formula is C18H28N2O. The van der Waals surface area contributed by atoms with Crippen molar-refractivity contribution in [3.05, 3.63) is 33.9 Å². The molecule has 0 unspecified atom stereocenters. The van der Waals surface area contributed by atoms with Gasteiger partial charge >= 0.3 is 0 Å². The van der Waals surface area contributed by atoms with Crippen LogP contribution in [0.4, 0.5) is 0 Å². The molecule has 1 aromatic carbocycles. The standard InChI is InChI=1S/C18H28N2O/c1-13-12-14(2)16(4)18(15(13)3)17(21)6-10-20-9-5-7-19-8-11-20/h12,19H,5-11H2,1-4H3. The molecule has 0 saturated carbocycles. The number of hydrogen-bond donors (Lipinski definition) is 1. The molecule has 3 heteroatoms. The molecule has 0 radical (unpaired) electrons. The first-order valence-corrected chi connectivity index (χ1v) is 8.04. The monoisotopic (exact) mass is 288 g/mol. The normalized spacial score (nSPS) is 16.8. The van der Waals surface area contributed by atoms with E-state index in [1.54, 1.807) is 0 Å². The third kappa shape index (κ3) is 3.92. The lowest BCUT2D eigenvalue weighted by Crippen LogP contribution is -2.30. The number of nitrogens with zero attached hydrogens (tertiary/aromatic N) is 1. The Morgan fingerprint density at radius 3 is 2.43 bits per heavy atom. The van der Waals surface area contributed by atoms with Crippen molar-refractivity contribution < 1.29 is 4.79 Å². The van der Waals surface area contributed by atoms with Gasteiger partial charge in [0.1, 0.15) is 0 Å². The fourth-order valence-electron chi connectivity index (χ4n) is 3.15. The van der Waals surface area contributed by atoms with E-state index in [-0.39, 0.29) is 0 Å². The van der Waals surface area contributed by atoms with E-state index in [1.807, 2.05) is 0 Å². The van der Waals surface area contributed by atoms with Crippen molar-refractivity contribution in [1.29, 1.82) is 0 Å². The number of carbonyl (C=O) groups is 1. The second-order valence-electron chi connectivity index (χ2n) is 6.25. The lowest BCUT2D eigenvalue weighted by molar-refractivity contribution is 0.0964. The number of ketones is 1. The lowest BCUT2D eigenvalue weighted by Gasteiger charge is -2.20. The number of hydrogen-bond acceptors (Lipinski definition) is 3. The smallest absolute Gasteiger partial charge is 0.164 e. The summed E-state index contributed by atoms with van der Waals surface area (Å²) >= 11 is 0. The maximum absolute atomic E-state index is 12.7. The summed E-state index contributed by atoms with van der Waals surface area (Å²) in [6, 6.07) is 2.18. The van der Waals surface area contributed by atoms with Gasteiger partial charge in [0, 0.05) is 31.6 Å². The summed E-state index contributed by atoms with van der Waals surface area (Å²) in [5.41, 5.74) is 5.71. The largest absolute Gasteiger partial charge is 0.315 e. The summed E-state index contributed by atoms with van der Waals surface area (Å²) in [7, 11) is 0. The zero-order chi connectivity index (χ0) is 15.4. The molecule has 0 amide bonds. The third-order valence-corrected chi connectivity index (χ3v) is 4.73. The van der Waals surface area contributed by atoms with E-state index in [9.17, 15) is 4.79 Å². The van der Waals surface area contributed by atoms with Gasteiger partial charge < -0.3 is 10.2 Å². The number of benzene rings is 1. The summed E-state index contributed by atoms with van der Waals surface area (Å²) in [6.07, 6.45) is 1.81. The van der Waals surface area contributed by atoms with Crippen molar-refractivity contribution in [2.75, 3.05) is 32.7 Å². The Balaban J connectivity index is 2.06. The van der Waals surface area contributed by atoms with Crippen LogP contribution in [0, 0.1) is 27.7 Å². The van der Waals surface area contributed by atoms with Gasteiger partial charge in [0.2, 0.25) is 0 Å². The molecule has 116 valence electrons. The highest BCUT2D eigenvalue weighted by Gasteiger charge is 2.17. The van der Waals surface area contributed by atoms with Gasteiger partial charge in [0.25, 0.3) is 0 Å². The van der Waals surface area contributed by atoms with Crippen LogP contribution in [0.3, 0.4) is 0 Å². The molecule has 1 aliphatic heterocycles. The van der Waals surface area contributed by atoms with Gasteiger partial charge in [0.15, 0.2) is 5.78 Å². The van der Waals surface area contributed by atoms with Crippen LogP contribution in [0.5, 0.6) is 0 Å². The van der Waals surface area contributed by atoms with E-state index in [2.05, 4.69) is 44.0 Å². The highest BCUT2D eigenvalue weighted by atomic mass is 16.1. The maximum Gasteiger partial charge on any atom is 0.164 e. The minimum absolute atomic E-state index is 0.300. The molecule has 3 nitrogen and oxygen atoms in total. The SMILES string of the molecule is Cc1cc(C)c(C)c(C(=O)CCN2CCCNCC2)c1C. The third-order valence-electron chi connectivity index (χ3n) is 4.73. The first kappa shape index (κ1) is 16.2. The zero-order valence-corrected chi connectivity index (χ0v) is 13.9. The maximum atomic E-state index is 12.7. The van der Waals surface area contributed by atoms with Crippen molar-refractivity contribution in [2.45, 2.75) is 40.5 Å². The van der Waals surface area contributed by atoms with Gasteiger partial charge in [-0.1, -0.05) is 6.07 Å². The molecule has 1 saturated heterocycles. The van der Waals surface area contributed by atoms with E-state index >= 15 is 0 Å². The Bertz CT molecular complexity index is 488. The predicted molar refractivity (Wildman–Crippen MR) is 88.3 cm³/mol. The summed E-state index contributed by atoms with van der Waals surface area (Å²) in [5.74, 6) is 0.300. The van der Waals surface area contributed by atoms with Crippen LogP contribution < -0.4 is 5.32 Å². The summed E-state index contributed by atoms with van der Waals surface area (Å²) in [4.78, 5) is 15.1. The Labute approximate surface area is 128 Å². The van der Waals surface area contributed by atoms with Crippen LogP contribution in [0.25, 0.3) is 0 Å². The zero-order valence-electron chi connectivity index (χ0n) is 13.9. The molecule has 1 N–H and O–H groups in total. The highest BCUT2D eigenvalue weighted by Crippen LogP contribution is 2.23. The molecule has 1 heterocycles. The van der Waals surface area contributed by atoms with E-state index in [4.69, 9.17) is 0 Å². The number of Topliss-reactive ketones (excluding diaryl/α,β-unsaturated/α-hetero) is 1. The second kappa shape index (κ2) is 7.19. The van der Waals surface area contributed by atoms with Crippen molar-refractivity contribution in [2.24, 2.45) is 0 Å². The average molecular weight is 288 g/mol. The van der Waals surface area contributed by atoms with Crippen molar-refractivity contribution in [3.8, 4) is 0 Å². The molecule has 0 aliphatic carbocycles. The Morgan fingerprint density at radius 2 is 1.76 bits per heavy atom. The summed E-state index contributed by atoms with van der Waals surface area (Å²) in [6.45, 7) is 13.5. The van der Waals surface area contributed by atoms with Gasteiger partial charge in [-0.2, -0.15) is 0 Å². The van der Waals surface area contributed by atoms with E-state index in [0.29, 0.717) is 12.2 Å². The number of rotatable bonds is 4. The quantitative estimate of drug-likeness (QED) is 0.865. The van der Waals surface area contributed by atoms with Gasteiger partial charge in [-0.3, -0.25) is 4.79 Å². The van der Waals surface area contributed by atoms with Crippen LogP contribution in [-0.4, -0.2) is 43.4 Å². The van der Waals surface area contributed by atoms with Crippen molar-refractivity contribution >= 4 is 5.78 Å². The Kier molecular flexibility index (Phi) is 5.54. The minimum Gasteiger partial charge on any atom is -0.315 e. The van der Waals surface area contributed by atoms with E-state index in [1.165, 1.54) is 17.5 Å². The molecule has 1 aromatic rings. The highest BCUT2D eigenvalue weighted by molar-refractivity contribution is 5.99. The average Bonchev–Trinajstić information content (AvgIpc) is 2.72. The topological polar surface area (TPSA) is 32.3 Å². The summed E-state index contributed by atoms with van der Waals surface area (Å²) in [5, 5.41) is 3.40. The molecule has 0 spiro atoms. The van der Waals surface area contributed by atoms with Crippen molar-refractivity contribution in [3.63, 3.8) is 0 Å². The van der Waals surface area contributed by atoms with Crippen LogP contribution in [-0.2, 0) is 0 Å². The molecule has 21 heavy (non-hydrogen) atoms. The van der Waals surface area contributed by atoms with E-state index in [0.717, 1.165) is 49.4 Å². The Morgan fingerprint density at radius 1 is 1.10 bits per heavy atom. The van der Waals surface area contributed by atoms with Gasteiger partial charge in [-0.25, -0.2) is 0 Å². The van der Waals surface area contributed by atoms with Gasteiger partial charge in [-0.15, -0.1) is 0 Å². The molecule has 0 bridgehead atoms. The minimum atomic E-state index is 0.300. The summed E-state index contributed by atoms with van der Waals surface area (Å²) < 4.78 is 0. The van der Waals surface area contributed by atoms with E-state index < -0.39 is 0 Å². The fourth-order valence-corrected chi connectivity index (χ4v) is 3.15. The lowest BCUT2D eigenvalue weighted by atomic mass is 9.91. The number of carbonyl (C=O) groups excluding carboxylic acids is 1.